The Labute approximate surface area is 81.9 Å². The summed E-state index contributed by atoms with van der Waals surface area (Å²) in [5, 5.41) is 9.84. The van der Waals surface area contributed by atoms with Crippen LogP contribution in [-0.2, 0) is 0 Å². The van der Waals surface area contributed by atoms with E-state index in [0.29, 0.717) is 12.1 Å². The predicted molar refractivity (Wildman–Crippen MR) is 55.8 cm³/mol. The Hall–Kier alpha value is -0.0800. The minimum atomic E-state index is -0.0900. The largest absolute Gasteiger partial charge is 0.391 e. The molecule has 0 heterocycles. The van der Waals surface area contributed by atoms with Gasteiger partial charge in [0.25, 0.3) is 0 Å². The predicted octanol–water partition coefficient (Wildman–Crippen LogP) is 2.02. The average molecular weight is 185 g/mol. The maximum atomic E-state index is 9.84. The SMILES string of the molecule is CCC(C)N(C)[C@@H]1CCCC[C@H]1O. The molecule has 2 heteroatoms. The summed E-state index contributed by atoms with van der Waals surface area (Å²) < 4.78 is 0. The zero-order valence-corrected chi connectivity index (χ0v) is 9.16. The second kappa shape index (κ2) is 4.97. The van der Waals surface area contributed by atoms with Crippen LogP contribution in [0, 0.1) is 0 Å². The molecular formula is C11H23NO. The monoisotopic (exact) mass is 185 g/mol. The quantitative estimate of drug-likeness (QED) is 0.727. The van der Waals surface area contributed by atoms with E-state index < -0.39 is 0 Å². The summed E-state index contributed by atoms with van der Waals surface area (Å²) in [6, 6.07) is 1.00. The number of aliphatic hydroxyl groups is 1. The molecule has 78 valence electrons. The molecule has 0 aromatic rings. The van der Waals surface area contributed by atoms with Crippen molar-refractivity contribution in [3.63, 3.8) is 0 Å². The summed E-state index contributed by atoms with van der Waals surface area (Å²) in [6.45, 7) is 4.44. The van der Waals surface area contributed by atoms with Gasteiger partial charge in [0.15, 0.2) is 0 Å². The maximum absolute atomic E-state index is 9.84. The molecule has 1 fully saturated rings. The highest BCUT2D eigenvalue weighted by molar-refractivity contribution is 4.83. The molecule has 1 aliphatic carbocycles. The molecule has 13 heavy (non-hydrogen) atoms. The van der Waals surface area contributed by atoms with E-state index >= 15 is 0 Å². The molecule has 0 aliphatic heterocycles. The van der Waals surface area contributed by atoms with Crippen LogP contribution >= 0.6 is 0 Å². The van der Waals surface area contributed by atoms with Gasteiger partial charge in [-0.25, -0.2) is 0 Å². The topological polar surface area (TPSA) is 23.5 Å². The molecule has 1 N–H and O–H groups in total. The lowest BCUT2D eigenvalue weighted by molar-refractivity contribution is 0.0153. The number of likely N-dealkylation sites (N-methyl/N-ethyl adjacent to an activating group) is 1. The standard InChI is InChI=1S/C11H23NO/c1-4-9(2)12(3)10-7-5-6-8-11(10)13/h9-11,13H,4-8H2,1-3H3/t9?,10-,11-/m1/s1. The minimum Gasteiger partial charge on any atom is -0.391 e. The van der Waals surface area contributed by atoms with Crippen LogP contribution in [0.15, 0.2) is 0 Å². The van der Waals surface area contributed by atoms with Crippen molar-refractivity contribution < 1.29 is 5.11 Å². The van der Waals surface area contributed by atoms with Crippen LogP contribution in [0.1, 0.15) is 46.0 Å². The Kier molecular flexibility index (Phi) is 4.20. The average Bonchev–Trinajstić information content (AvgIpc) is 2.16. The zero-order chi connectivity index (χ0) is 9.84. The zero-order valence-electron chi connectivity index (χ0n) is 9.16. The molecule has 1 saturated carbocycles. The van der Waals surface area contributed by atoms with Crippen molar-refractivity contribution in [1.82, 2.24) is 4.90 Å². The van der Waals surface area contributed by atoms with Crippen LogP contribution in [0.2, 0.25) is 0 Å². The third kappa shape index (κ3) is 2.68. The fraction of sp³-hybridized carbons (Fsp3) is 1.00. The molecule has 0 aromatic carbocycles. The van der Waals surface area contributed by atoms with Gasteiger partial charge in [-0.2, -0.15) is 0 Å². The molecule has 0 spiro atoms. The van der Waals surface area contributed by atoms with Gasteiger partial charge in [-0.1, -0.05) is 19.8 Å². The van der Waals surface area contributed by atoms with Gasteiger partial charge in [0.05, 0.1) is 6.10 Å². The normalized spacial score (nSPS) is 32.1. The molecule has 3 atom stereocenters. The van der Waals surface area contributed by atoms with E-state index in [1.807, 2.05) is 0 Å². The molecule has 2 nitrogen and oxygen atoms in total. The lowest BCUT2D eigenvalue weighted by Gasteiger charge is -2.38. The molecular weight excluding hydrogens is 162 g/mol. The van der Waals surface area contributed by atoms with Gasteiger partial charge in [-0.15, -0.1) is 0 Å². The molecule has 0 amide bonds. The van der Waals surface area contributed by atoms with Crippen molar-refractivity contribution in [2.75, 3.05) is 7.05 Å². The van der Waals surface area contributed by atoms with Crippen LogP contribution in [0.4, 0.5) is 0 Å². The highest BCUT2D eigenvalue weighted by Gasteiger charge is 2.28. The molecule has 0 radical (unpaired) electrons. The van der Waals surface area contributed by atoms with Crippen LogP contribution in [0.25, 0.3) is 0 Å². The van der Waals surface area contributed by atoms with Crippen molar-refractivity contribution in [3.8, 4) is 0 Å². The number of nitrogens with zero attached hydrogens (tertiary/aromatic N) is 1. The van der Waals surface area contributed by atoms with Gasteiger partial charge in [-0.05, 0) is 33.2 Å². The summed E-state index contributed by atoms with van der Waals surface area (Å²) in [6.07, 6.45) is 5.72. The Morgan fingerprint density at radius 3 is 2.54 bits per heavy atom. The Balaban J connectivity index is 2.47. The second-order valence-electron chi connectivity index (χ2n) is 4.34. The fourth-order valence-electron chi connectivity index (χ4n) is 2.18. The third-order valence-electron chi connectivity index (χ3n) is 3.50. The maximum Gasteiger partial charge on any atom is 0.0695 e. The van der Waals surface area contributed by atoms with E-state index in [-0.39, 0.29) is 6.10 Å². The number of hydrogen-bond acceptors (Lipinski definition) is 2. The summed E-state index contributed by atoms with van der Waals surface area (Å²) in [7, 11) is 2.15. The highest BCUT2D eigenvalue weighted by Crippen LogP contribution is 2.24. The van der Waals surface area contributed by atoms with E-state index in [4.69, 9.17) is 0 Å². The van der Waals surface area contributed by atoms with Gasteiger partial charge >= 0.3 is 0 Å². The van der Waals surface area contributed by atoms with Gasteiger partial charge in [0, 0.05) is 12.1 Å². The fourth-order valence-corrected chi connectivity index (χ4v) is 2.18. The summed E-state index contributed by atoms with van der Waals surface area (Å²) >= 11 is 0. The summed E-state index contributed by atoms with van der Waals surface area (Å²) in [4.78, 5) is 2.35. The Morgan fingerprint density at radius 2 is 2.00 bits per heavy atom. The number of aliphatic hydroxyl groups excluding tert-OH is 1. The smallest absolute Gasteiger partial charge is 0.0695 e. The third-order valence-corrected chi connectivity index (χ3v) is 3.50. The van der Waals surface area contributed by atoms with Crippen molar-refractivity contribution >= 4 is 0 Å². The van der Waals surface area contributed by atoms with Gasteiger partial charge < -0.3 is 5.11 Å². The van der Waals surface area contributed by atoms with E-state index in [1.54, 1.807) is 0 Å². The summed E-state index contributed by atoms with van der Waals surface area (Å²) in [5.41, 5.74) is 0. The Morgan fingerprint density at radius 1 is 1.38 bits per heavy atom. The number of rotatable bonds is 3. The first-order chi connectivity index (χ1) is 6.16. The van der Waals surface area contributed by atoms with Crippen molar-refractivity contribution in [2.45, 2.75) is 64.1 Å². The Bertz CT molecular complexity index is 149. The van der Waals surface area contributed by atoms with Crippen LogP contribution < -0.4 is 0 Å². The second-order valence-corrected chi connectivity index (χ2v) is 4.34. The first-order valence-corrected chi connectivity index (χ1v) is 5.56. The van der Waals surface area contributed by atoms with Gasteiger partial charge in [0.1, 0.15) is 0 Å². The molecule has 0 aromatic heterocycles. The minimum absolute atomic E-state index is 0.0900. The van der Waals surface area contributed by atoms with E-state index in [2.05, 4.69) is 25.8 Å². The van der Waals surface area contributed by atoms with Crippen molar-refractivity contribution in [3.05, 3.63) is 0 Å². The van der Waals surface area contributed by atoms with Gasteiger partial charge in [-0.3, -0.25) is 4.90 Å². The molecule has 1 unspecified atom stereocenters. The first-order valence-electron chi connectivity index (χ1n) is 5.56. The number of hydrogen-bond donors (Lipinski definition) is 1. The molecule has 1 aliphatic rings. The molecule has 0 saturated heterocycles. The van der Waals surface area contributed by atoms with Crippen molar-refractivity contribution in [1.29, 1.82) is 0 Å². The molecule has 0 bridgehead atoms. The van der Waals surface area contributed by atoms with E-state index in [9.17, 15) is 5.11 Å². The van der Waals surface area contributed by atoms with Crippen molar-refractivity contribution in [2.24, 2.45) is 0 Å². The van der Waals surface area contributed by atoms with Gasteiger partial charge in [0.2, 0.25) is 0 Å². The molecule has 1 rings (SSSR count). The lowest BCUT2D eigenvalue weighted by atomic mass is 9.91. The van der Waals surface area contributed by atoms with Crippen LogP contribution in [0.3, 0.4) is 0 Å². The highest BCUT2D eigenvalue weighted by atomic mass is 16.3. The van der Waals surface area contributed by atoms with E-state index in [1.165, 1.54) is 25.7 Å². The lowest BCUT2D eigenvalue weighted by Crippen LogP contribution is -2.47. The van der Waals surface area contributed by atoms with Crippen LogP contribution in [-0.4, -0.2) is 35.2 Å². The summed E-state index contributed by atoms with van der Waals surface area (Å²) in [5.74, 6) is 0. The van der Waals surface area contributed by atoms with Crippen LogP contribution in [0.5, 0.6) is 0 Å². The first kappa shape index (κ1) is 11.0. The van der Waals surface area contributed by atoms with E-state index in [0.717, 1.165) is 6.42 Å².